The summed E-state index contributed by atoms with van der Waals surface area (Å²) in [5, 5.41) is 0. The lowest BCUT2D eigenvalue weighted by molar-refractivity contribution is -0.115. The molecule has 0 aromatic heterocycles. The molecule has 0 spiro atoms. The third-order valence-corrected chi connectivity index (χ3v) is 4.47. The van der Waals surface area contributed by atoms with Crippen LogP contribution in [0.15, 0.2) is 47.1 Å². The first kappa shape index (κ1) is 21.2. The van der Waals surface area contributed by atoms with E-state index < -0.39 is 5.91 Å². The van der Waals surface area contributed by atoms with Gasteiger partial charge >= 0.3 is 5.91 Å². The van der Waals surface area contributed by atoms with Gasteiger partial charge in [0, 0.05) is 5.56 Å². The van der Waals surface area contributed by atoms with E-state index in [9.17, 15) is 4.79 Å². The van der Waals surface area contributed by atoms with Crippen LogP contribution in [0.5, 0.6) is 23.0 Å². The van der Waals surface area contributed by atoms with E-state index in [1.54, 1.807) is 18.2 Å². The molecule has 158 valence electrons. The molecule has 0 N–H and O–H groups in total. The van der Waals surface area contributed by atoms with E-state index in [1.165, 1.54) is 21.3 Å². The highest BCUT2D eigenvalue weighted by Crippen LogP contribution is 2.39. The van der Waals surface area contributed by atoms with E-state index in [0.29, 0.717) is 35.0 Å². The topological polar surface area (TPSA) is 75.6 Å². The molecule has 1 amide bonds. The fourth-order valence-corrected chi connectivity index (χ4v) is 2.90. The Balaban J connectivity index is 1.78. The van der Waals surface area contributed by atoms with Crippen molar-refractivity contribution in [2.45, 2.75) is 19.8 Å². The molecule has 1 heterocycles. The number of ether oxygens (including phenoxy) is 5. The number of aliphatic imine (C=N–C) groups is 1. The maximum Gasteiger partial charge on any atom is 0.316 e. The predicted molar refractivity (Wildman–Crippen MR) is 114 cm³/mol. The van der Waals surface area contributed by atoms with Crippen LogP contribution in [0.3, 0.4) is 0 Å². The van der Waals surface area contributed by atoms with Crippen molar-refractivity contribution in [2.24, 2.45) is 4.99 Å². The molecular weight excluding hydrogens is 386 g/mol. The number of benzene rings is 2. The first-order valence-corrected chi connectivity index (χ1v) is 9.65. The van der Waals surface area contributed by atoms with E-state index in [1.807, 2.05) is 24.3 Å². The second-order valence-electron chi connectivity index (χ2n) is 6.52. The average Bonchev–Trinajstić information content (AvgIpc) is 3.13. The van der Waals surface area contributed by atoms with E-state index in [4.69, 9.17) is 23.7 Å². The quantitative estimate of drug-likeness (QED) is 0.454. The summed E-state index contributed by atoms with van der Waals surface area (Å²) in [6.07, 6.45) is 3.67. The number of nitrogens with zero attached hydrogens (tertiary/aromatic N) is 1. The molecule has 0 saturated heterocycles. The molecule has 0 unspecified atom stereocenters. The summed E-state index contributed by atoms with van der Waals surface area (Å²) in [6.45, 7) is 2.79. The van der Waals surface area contributed by atoms with Crippen molar-refractivity contribution in [3.8, 4) is 23.0 Å². The van der Waals surface area contributed by atoms with Crippen LogP contribution in [0.25, 0.3) is 6.08 Å². The number of carbonyl (C=O) groups excluding carboxylic acids is 1. The van der Waals surface area contributed by atoms with Gasteiger partial charge in [-0.2, -0.15) is 4.99 Å². The number of hydrogen-bond donors (Lipinski definition) is 0. The Morgan fingerprint density at radius 1 is 1.00 bits per heavy atom. The summed E-state index contributed by atoms with van der Waals surface area (Å²) in [5.74, 6) is 2.11. The predicted octanol–water partition coefficient (Wildman–Crippen LogP) is 4.24. The van der Waals surface area contributed by atoms with Gasteiger partial charge in [0.05, 0.1) is 27.9 Å². The van der Waals surface area contributed by atoms with Crippen molar-refractivity contribution in [1.82, 2.24) is 0 Å². The van der Waals surface area contributed by atoms with Crippen LogP contribution in [-0.4, -0.2) is 39.7 Å². The third-order valence-electron chi connectivity index (χ3n) is 4.47. The van der Waals surface area contributed by atoms with Gasteiger partial charge in [0.15, 0.2) is 17.3 Å². The van der Waals surface area contributed by atoms with Crippen molar-refractivity contribution in [1.29, 1.82) is 0 Å². The molecular formula is C23H25NO6. The molecule has 1 aliphatic rings. The van der Waals surface area contributed by atoms with Gasteiger partial charge in [-0.1, -0.05) is 13.3 Å². The summed E-state index contributed by atoms with van der Waals surface area (Å²) in [4.78, 5) is 16.4. The smallest absolute Gasteiger partial charge is 0.316 e. The molecule has 2 aromatic rings. The molecule has 0 aliphatic carbocycles. The monoisotopic (exact) mass is 411 g/mol. The van der Waals surface area contributed by atoms with E-state index >= 15 is 0 Å². The van der Waals surface area contributed by atoms with Crippen molar-refractivity contribution in [3.05, 3.63) is 53.3 Å². The third kappa shape index (κ3) is 4.74. The highest BCUT2D eigenvalue weighted by molar-refractivity contribution is 6.14. The Bertz CT molecular complexity index is 937. The number of carbonyl (C=O) groups is 1. The maximum atomic E-state index is 12.3. The van der Waals surface area contributed by atoms with Crippen LogP contribution >= 0.6 is 0 Å². The lowest BCUT2D eigenvalue weighted by Crippen LogP contribution is -2.01. The number of unbranched alkanes of at least 4 members (excludes halogenated alkanes) is 1. The van der Waals surface area contributed by atoms with Gasteiger partial charge < -0.3 is 23.7 Å². The molecule has 2 aromatic carbocycles. The highest BCUT2D eigenvalue weighted by Gasteiger charge is 2.24. The fourth-order valence-electron chi connectivity index (χ4n) is 2.90. The molecule has 0 bridgehead atoms. The number of hydrogen-bond acceptors (Lipinski definition) is 6. The van der Waals surface area contributed by atoms with E-state index in [2.05, 4.69) is 11.9 Å². The van der Waals surface area contributed by atoms with Crippen molar-refractivity contribution < 1.29 is 28.5 Å². The molecule has 3 rings (SSSR count). The molecule has 0 saturated carbocycles. The summed E-state index contributed by atoms with van der Waals surface area (Å²) in [6, 6.07) is 10.8. The largest absolute Gasteiger partial charge is 0.494 e. The van der Waals surface area contributed by atoms with Crippen LogP contribution in [-0.2, 0) is 9.53 Å². The van der Waals surface area contributed by atoms with Gasteiger partial charge in [0.1, 0.15) is 5.75 Å². The van der Waals surface area contributed by atoms with Crippen LogP contribution in [0.4, 0.5) is 0 Å². The molecule has 30 heavy (non-hydrogen) atoms. The van der Waals surface area contributed by atoms with Crippen LogP contribution in [0.1, 0.15) is 30.9 Å². The van der Waals surface area contributed by atoms with Crippen molar-refractivity contribution >= 4 is 17.9 Å². The van der Waals surface area contributed by atoms with Gasteiger partial charge in [-0.25, -0.2) is 0 Å². The molecule has 7 nitrogen and oxygen atoms in total. The zero-order valence-corrected chi connectivity index (χ0v) is 17.6. The highest BCUT2D eigenvalue weighted by atomic mass is 16.5. The lowest BCUT2D eigenvalue weighted by atomic mass is 10.1. The van der Waals surface area contributed by atoms with Gasteiger partial charge in [0.25, 0.3) is 0 Å². The van der Waals surface area contributed by atoms with Crippen molar-refractivity contribution in [3.63, 3.8) is 0 Å². The Morgan fingerprint density at radius 3 is 2.23 bits per heavy atom. The van der Waals surface area contributed by atoms with Gasteiger partial charge in [-0.05, 0) is 54.5 Å². The summed E-state index contributed by atoms with van der Waals surface area (Å²) >= 11 is 0. The Morgan fingerprint density at radius 2 is 1.67 bits per heavy atom. The normalized spacial score (nSPS) is 14.3. The lowest BCUT2D eigenvalue weighted by Gasteiger charge is -2.13. The van der Waals surface area contributed by atoms with Crippen LogP contribution in [0.2, 0.25) is 0 Å². The molecule has 0 atom stereocenters. The number of rotatable bonds is 9. The molecule has 0 fully saturated rings. The van der Waals surface area contributed by atoms with Crippen LogP contribution < -0.4 is 18.9 Å². The second kappa shape index (κ2) is 9.82. The minimum atomic E-state index is -0.456. The first-order valence-electron chi connectivity index (χ1n) is 9.65. The summed E-state index contributed by atoms with van der Waals surface area (Å²) in [5.41, 5.74) is 1.35. The average molecular weight is 411 g/mol. The maximum absolute atomic E-state index is 12.3. The SMILES string of the molecule is CCCCOc1ccc(C2=NC(=O)/C(=C\c3cc(OC)c(OC)c(OC)c3)O2)cc1. The van der Waals surface area contributed by atoms with E-state index in [0.717, 1.165) is 18.6 Å². The molecule has 0 radical (unpaired) electrons. The van der Waals surface area contributed by atoms with Crippen LogP contribution in [0, 0.1) is 0 Å². The minimum Gasteiger partial charge on any atom is -0.494 e. The summed E-state index contributed by atoms with van der Waals surface area (Å²) in [7, 11) is 4.59. The minimum absolute atomic E-state index is 0.113. The second-order valence-corrected chi connectivity index (χ2v) is 6.52. The van der Waals surface area contributed by atoms with Gasteiger partial charge in [0.2, 0.25) is 11.6 Å². The molecule has 1 aliphatic heterocycles. The zero-order chi connectivity index (χ0) is 21.5. The molecule has 7 heteroatoms. The summed E-state index contributed by atoms with van der Waals surface area (Å²) < 4.78 is 27.4. The first-order chi connectivity index (χ1) is 14.6. The Hall–Kier alpha value is -3.48. The van der Waals surface area contributed by atoms with Gasteiger partial charge in [-0.3, -0.25) is 4.79 Å². The number of amides is 1. The Labute approximate surface area is 175 Å². The zero-order valence-electron chi connectivity index (χ0n) is 17.6. The van der Waals surface area contributed by atoms with Gasteiger partial charge in [-0.15, -0.1) is 0 Å². The van der Waals surface area contributed by atoms with E-state index in [-0.39, 0.29) is 11.7 Å². The standard InChI is InChI=1S/C23H25NO6/c1-5-6-11-29-17-9-7-16(8-10-17)23-24-22(25)20(30-23)14-15-12-18(26-2)21(28-4)19(13-15)27-3/h7-10,12-14H,5-6,11H2,1-4H3/b20-14+. The number of methoxy groups -OCH3 is 3. The fraction of sp³-hybridized carbons (Fsp3) is 0.304. The Kier molecular flexibility index (Phi) is 6.95. The van der Waals surface area contributed by atoms with Crippen molar-refractivity contribution in [2.75, 3.05) is 27.9 Å².